The van der Waals surface area contributed by atoms with E-state index in [0.29, 0.717) is 19.3 Å². The van der Waals surface area contributed by atoms with Crippen molar-refractivity contribution in [3.05, 3.63) is 72.9 Å². The van der Waals surface area contributed by atoms with E-state index in [4.69, 9.17) is 19.1 Å². The molecule has 11 nitrogen and oxygen atoms in total. The molecule has 0 heterocycles. The van der Waals surface area contributed by atoms with E-state index in [2.05, 4.69) is 67.0 Å². The number of aliphatic hydroxyl groups excluding tert-OH is 3. The lowest BCUT2D eigenvalue weighted by Gasteiger charge is -2.20. The number of ether oxygens (including phenoxy) is 2. The number of allylic oxidation sites excluding steroid dienone is 11. The quantitative estimate of drug-likeness (QED) is 0.0154. The number of phosphoric ester groups is 1. The van der Waals surface area contributed by atoms with Gasteiger partial charge in [-0.1, -0.05) is 138 Å². The van der Waals surface area contributed by atoms with E-state index in [1.54, 1.807) is 0 Å². The molecule has 0 aliphatic carbocycles. The van der Waals surface area contributed by atoms with Crippen LogP contribution in [0.2, 0.25) is 0 Å². The maximum atomic E-state index is 12.6. The molecule has 0 saturated heterocycles. The Kier molecular flexibility index (Phi) is 37.4. The van der Waals surface area contributed by atoms with E-state index in [0.717, 1.165) is 77.0 Å². The molecule has 12 heteroatoms. The molecule has 0 spiro atoms. The van der Waals surface area contributed by atoms with Crippen molar-refractivity contribution >= 4 is 19.8 Å². The minimum absolute atomic E-state index is 0.142. The average molecular weight is 811 g/mol. The number of carbonyl (C=O) groups excluding carboxylic acids is 2. The summed E-state index contributed by atoms with van der Waals surface area (Å²) in [4.78, 5) is 34.9. The summed E-state index contributed by atoms with van der Waals surface area (Å²) in [6.45, 7) is 2.09. The lowest BCUT2D eigenvalue weighted by Crippen LogP contribution is -2.29. The van der Waals surface area contributed by atoms with E-state index in [1.807, 2.05) is 24.3 Å². The third kappa shape index (κ3) is 38.3. The van der Waals surface area contributed by atoms with Crippen molar-refractivity contribution in [2.24, 2.45) is 0 Å². The highest BCUT2D eigenvalue weighted by atomic mass is 31.2. The Morgan fingerprint density at radius 1 is 0.607 bits per heavy atom. The first-order valence-electron chi connectivity index (χ1n) is 21.0. The molecule has 0 radical (unpaired) electrons. The minimum atomic E-state index is -4.65. The topological polar surface area (TPSA) is 169 Å². The van der Waals surface area contributed by atoms with E-state index >= 15 is 0 Å². The first-order chi connectivity index (χ1) is 27.1. The highest BCUT2D eigenvalue weighted by molar-refractivity contribution is 7.47. The van der Waals surface area contributed by atoms with E-state index < -0.39 is 51.8 Å². The summed E-state index contributed by atoms with van der Waals surface area (Å²) in [6, 6.07) is 0. The van der Waals surface area contributed by atoms with E-state index in [-0.39, 0.29) is 25.6 Å². The zero-order chi connectivity index (χ0) is 41.4. The van der Waals surface area contributed by atoms with Crippen molar-refractivity contribution in [2.75, 3.05) is 26.4 Å². The molecule has 0 fully saturated rings. The number of unbranched alkanes of at least 4 members (excludes halogenated alkanes) is 11. The number of hydrogen-bond acceptors (Lipinski definition) is 10. The molecule has 0 rings (SSSR count). The molecule has 0 aromatic rings. The average Bonchev–Trinajstić information content (AvgIpc) is 3.18. The van der Waals surface area contributed by atoms with Crippen LogP contribution in [0.25, 0.3) is 0 Å². The van der Waals surface area contributed by atoms with Crippen LogP contribution >= 0.6 is 7.82 Å². The molecule has 0 aromatic heterocycles. The molecule has 0 amide bonds. The molecule has 0 aliphatic rings. The highest BCUT2D eigenvalue weighted by Crippen LogP contribution is 2.43. The van der Waals surface area contributed by atoms with Gasteiger partial charge in [-0.2, -0.15) is 0 Å². The Morgan fingerprint density at radius 2 is 1.14 bits per heavy atom. The lowest BCUT2D eigenvalue weighted by molar-refractivity contribution is -0.161. The Morgan fingerprint density at radius 3 is 1.79 bits per heavy atom. The van der Waals surface area contributed by atoms with Crippen LogP contribution < -0.4 is 0 Å². The fraction of sp³-hybridized carbons (Fsp3) is 0.682. The predicted octanol–water partition coefficient (Wildman–Crippen LogP) is 9.86. The molecule has 4 N–H and O–H groups in total. The number of aliphatic hydroxyl groups is 3. The van der Waals surface area contributed by atoms with Crippen LogP contribution in [0.3, 0.4) is 0 Å². The third-order valence-electron chi connectivity index (χ3n) is 8.43. The van der Waals surface area contributed by atoms with Gasteiger partial charge >= 0.3 is 19.8 Å². The van der Waals surface area contributed by atoms with Crippen LogP contribution in [0.4, 0.5) is 0 Å². The number of rotatable bonds is 38. The Hall–Kier alpha value is -2.63. The molecule has 0 aromatic carbocycles. The molecule has 56 heavy (non-hydrogen) atoms. The molecular weight excluding hydrogens is 735 g/mol. The first-order valence-corrected chi connectivity index (χ1v) is 22.5. The second-order valence-electron chi connectivity index (χ2n) is 13.9. The summed E-state index contributed by atoms with van der Waals surface area (Å²) in [5.41, 5.74) is 0. The summed E-state index contributed by atoms with van der Waals surface area (Å²) in [6.07, 6.45) is 40.6. The van der Waals surface area contributed by atoms with Crippen molar-refractivity contribution in [3.63, 3.8) is 0 Å². The zero-order valence-electron chi connectivity index (χ0n) is 34.4. The maximum Gasteiger partial charge on any atom is 0.472 e. The van der Waals surface area contributed by atoms with E-state index in [1.165, 1.54) is 25.7 Å². The summed E-state index contributed by atoms with van der Waals surface area (Å²) >= 11 is 0. The first kappa shape index (κ1) is 53.4. The maximum absolute atomic E-state index is 12.6. The highest BCUT2D eigenvalue weighted by Gasteiger charge is 2.27. The van der Waals surface area contributed by atoms with Gasteiger partial charge in [-0.15, -0.1) is 0 Å². The van der Waals surface area contributed by atoms with Gasteiger partial charge in [-0.05, 0) is 70.6 Å². The third-order valence-corrected chi connectivity index (χ3v) is 9.38. The van der Waals surface area contributed by atoms with Gasteiger partial charge in [0.2, 0.25) is 0 Å². The molecule has 4 atom stereocenters. The number of esters is 2. The number of hydrogen-bond donors (Lipinski definition) is 4. The molecular formula is C44H75O11P. The summed E-state index contributed by atoms with van der Waals surface area (Å²) in [5.74, 6) is -1.04. The minimum Gasteiger partial charge on any atom is -0.462 e. The monoisotopic (exact) mass is 811 g/mol. The lowest BCUT2D eigenvalue weighted by atomic mass is 10.1. The Balaban J connectivity index is 4.48. The fourth-order valence-electron chi connectivity index (χ4n) is 5.11. The second-order valence-corrected chi connectivity index (χ2v) is 15.3. The van der Waals surface area contributed by atoms with Gasteiger partial charge in [-0.3, -0.25) is 18.6 Å². The normalized spacial score (nSPS) is 15.2. The molecule has 1 unspecified atom stereocenters. The summed E-state index contributed by atoms with van der Waals surface area (Å²) < 4.78 is 32.6. The van der Waals surface area contributed by atoms with Crippen LogP contribution in [0, 0.1) is 0 Å². The standard InChI is InChI=1S/C44H75O11P/c1-3-5-7-8-9-10-11-12-13-14-19-22-25-28-31-35-44(49)55-42(39-54-56(50,51)53-37-41(47)36-45)38-52-43(48)34-30-27-24-21-18-16-15-17-20-23-26-29-33-40(46)32-6-4-2/h10-13,15-16,20-21,23-24,29,33,40-42,45-47H,3-9,14,17-19,22,25-28,30-32,34-39H2,1-2H3,(H,50,51)/b11-10-,13-12-,16-15-,23-20-,24-21-,33-29-/t40-,41-,42+/m0/s1. The van der Waals surface area contributed by atoms with Crippen LogP contribution in [0.1, 0.15) is 149 Å². The van der Waals surface area contributed by atoms with Gasteiger partial charge in [0.1, 0.15) is 12.7 Å². The predicted molar refractivity (Wildman–Crippen MR) is 225 cm³/mol. The van der Waals surface area contributed by atoms with Crippen molar-refractivity contribution in [1.82, 2.24) is 0 Å². The van der Waals surface area contributed by atoms with Crippen molar-refractivity contribution in [3.8, 4) is 0 Å². The van der Waals surface area contributed by atoms with Crippen molar-refractivity contribution in [2.45, 2.75) is 167 Å². The molecule has 0 saturated carbocycles. The zero-order valence-corrected chi connectivity index (χ0v) is 35.3. The summed E-state index contributed by atoms with van der Waals surface area (Å²) in [7, 11) is -4.65. The van der Waals surface area contributed by atoms with Gasteiger partial charge in [0, 0.05) is 12.8 Å². The van der Waals surface area contributed by atoms with Crippen LogP contribution in [0.15, 0.2) is 72.9 Å². The van der Waals surface area contributed by atoms with Gasteiger partial charge in [-0.25, -0.2) is 4.57 Å². The van der Waals surface area contributed by atoms with Crippen LogP contribution in [0.5, 0.6) is 0 Å². The number of phosphoric acid groups is 1. The summed E-state index contributed by atoms with van der Waals surface area (Å²) in [5, 5.41) is 28.1. The Bertz CT molecular complexity index is 1180. The fourth-order valence-corrected chi connectivity index (χ4v) is 5.90. The second kappa shape index (κ2) is 39.2. The largest absolute Gasteiger partial charge is 0.472 e. The molecule has 322 valence electrons. The van der Waals surface area contributed by atoms with Crippen LogP contribution in [-0.4, -0.2) is 76.9 Å². The molecule has 0 aliphatic heterocycles. The SMILES string of the molecule is CCCCCC/C=C\C=C/CCCCCCCC(=O)O[C@H](COC(=O)CCC/C=C\C/C=C\C/C=C\C/C=C\[C@@H](O)CCCC)COP(=O)(O)OC[C@@H](O)CO. The van der Waals surface area contributed by atoms with E-state index in [9.17, 15) is 29.3 Å². The van der Waals surface area contributed by atoms with Crippen LogP contribution in [-0.2, 0) is 32.7 Å². The van der Waals surface area contributed by atoms with Crippen molar-refractivity contribution in [1.29, 1.82) is 0 Å². The van der Waals surface area contributed by atoms with Gasteiger partial charge in [0.05, 0.1) is 25.9 Å². The van der Waals surface area contributed by atoms with Gasteiger partial charge < -0.3 is 29.7 Å². The van der Waals surface area contributed by atoms with Gasteiger partial charge in [0.15, 0.2) is 6.10 Å². The Labute approximate surface area is 338 Å². The molecule has 0 bridgehead atoms. The number of carbonyl (C=O) groups is 2. The van der Waals surface area contributed by atoms with Gasteiger partial charge in [0.25, 0.3) is 0 Å². The smallest absolute Gasteiger partial charge is 0.462 e. The van der Waals surface area contributed by atoms with Crippen molar-refractivity contribution < 1.29 is 52.9 Å².